The second-order valence-corrected chi connectivity index (χ2v) is 6.25. The van der Waals surface area contributed by atoms with E-state index in [1.165, 1.54) is 21.1 Å². The molecule has 0 aliphatic carbocycles. The van der Waals surface area contributed by atoms with Gasteiger partial charge >= 0.3 is 6.03 Å². The molecule has 7 nitrogen and oxygen atoms in total. The summed E-state index contributed by atoms with van der Waals surface area (Å²) >= 11 is 1.32. The minimum absolute atomic E-state index is 0.336. The molecule has 2 rings (SSSR count). The van der Waals surface area contributed by atoms with Crippen molar-refractivity contribution in [3.05, 3.63) is 11.1 Å². The van der Waals surface area contributed by atoms with Crippen molar-refractivity contribution in [3.63, 3.8) is 0 Å². The third-order valence-electron chi connectivity index (χ3n) is 3.55. The fourth-order valence-corrected chi connectivity index (χ4v) is 3.06. The number of hydrogen-bond acceptors (Lipinski definition) is 6. The maximum absolute atomic E-state index is 12.3. The first-order valence-corrected chi connectivity index (χ1v) is 7.52. The molecule has 0 bridgehead atoms. The van der Waals surface area contributed by atoms with E-state index in [1.807, 2.05) is 20.8 Å². The number of rotatable bonds is 5. The highest BCUT2D eigenvalue weighted by Gasteiger charge is 2.46. The molecular weight excluding hydrogens is 294 g/mol. The number of methoxy groups -OCH3 is 1. The van der Waals surface area contributed by atoms with Crippen LogP contribution in [0.5, 0.6) is 0 Å². The van der Waals surface area contributed by atoms with Gasteiger partial charge in [0.1, 0.15) is 0 Å². The lowest BCUT2D eigenvalue weighted by molar-refractivity contribution is -0.0687. The van der Waals surface area contributed by atoms with E-state index in [4.69, 9.17) is 9.47 Å². The molecule has 118 valence electrons. The Bertz CT molecular complexity index is 519. The van der Waals surface area contributed by atoms with Gasteiger partial charge in [0, 0.05) is 27.0 Å². The molecule has 2 atom stereocenters. The van der Waals surface area contributed by atoms with Crippen LogP contribution in [0.2, 0.25) is 0 Å². The number of nitrogens with zero attached hydrogens (tertiary/aromatic N) is 3. The van der Waals surface area contributed by atoms with Crippen LogP contribution in [0.25, 0.3) is 0 Å². The molecule has 0 radical (unpaired) electrons. The number of carbonyl (C=O) groups excluding carboxylic acids is 1. The van der Waals surface area contributed by atoms with Crippen molar-refractivity contribution in [2.24, 2.45) is 0 Å². The quantitative estimate of drug-likeness (QED) is 0.893. The molecule has 8 heteroatoms. The molecular formula is C13H21N3O4S. The molecule has 2 amide bonds. The zero-order valence-electron chi connectivity index (χ0n) is 12.9. The van der Waals surface area contributed by atoms with Crippen LogP contribution < -0.4 is 4.90 Å². The topological polar surface area (TPSA) is 75.1 Å². The Kier molecular flexibility index (Phi) is 4.52. The van der Waals surface area contributed by atoms with Gasteiger partial charge in [-0.05, 0) is 20.8 Å². The van der Waals surface area contributed by atoms with Crippen LogP contribution in [0.3, 0.4) is 0 Å². The molecule has 1 N–H and O–H groups in total. The predicted molar refractivity (Wildman–Crippen MR) is 79.2 cm³/mol. The Morgan fingerprint density at radius 3 is 2.76 bits per heavy atom. The summed E-state index contributed by atoms with van der Waals surface area (Å²) in [6.07, 6.45) is -0.102. The molecule has 1 fully saturated rings. The summed E-state index contributed by atoms with van der Waals surface area (Å²) in [4.78, 5) is 20.0. The van der Waals surface area contributed by atoms with E-state index >= 15 is 0 Å². The zero-order chi connectivity index (χ0) is 15.8. The Morgan fingerprint density at radius 1 is 1.52 bits per heavy atom. The Hall–Kier alpha value is -1.22. The average molecular weight is 315 g/mol. The summed E-state index contributed by atoms with van der Waals surface area (Å²) in [6.45, 7) is 6.06. The molecule has 1 aliphatic rings. The maximum Gasteiger partial charge on any atom is 0.330 e. The van der Waals surface area contributed by atoms with Crippen LogP contribution in [0.15, 0.2) is 6.20 Å². The van der Waals surface area contributed by atoms with Gasteiger partial charge in [0.15, 0.2) is 17.6 Å². The molecule has 0 spiro atoms. The third-order valence-corrected chi connectivity index (χ3v) is 4.85. The highest BCUT2D eigenvalue weighted by molar-refractivity contribution is 7.15. The van der Waals surface area contributed by atoms with E-state index in [2.05, 4.69) is 4.98 Å². The van der Waals surface area contributed by atoms with Crippen LogP contribution in [0.1, 0.15) is 25.6 Å². The number of aliphatic hydroxyl groups excluding tert-OH is 1. The van der Waals surface area contributed by atoms with E-state index in [0.29, 0.717) is 11.7 Å². The van der Waals surface area contributed by atoms with Crippen LogP contribution >= 0.6 is 11.3 Å². The fourth-order valence-electron chi connectivity index (χ4n) is 2.04. The second kappa shape index (κ2) is 5.88. The SMILES string of the molecule is CCOC1C(O)N(c2ncc(C(C)(C)OC)s2)C(=O)N1C. The van der Waals surface area contributed by atoms with Crippen LogP contribution in [-0.2, 0) is 15.1 Å². The molecule has 0 aromatic carbocycles. The lowest BCUT2D eigenvalue weighted by atomic mass is 10.1. The summed E-state index contributed by atoms with van der Waals surface area (Å²) in [5.41, 5.74) is -0.491. The third kappa shape index (κ3) is 2.76. The van der Waals surface area contributed by atoms with Gasteiger partial charge in [0.05, 0.1) is 10.5 Å². The van der Waals surface area contributed by atoms with Gasteiger partial charge in [-0.25, -0.2) is 14.7 Å². The van der Waals surface area contributed by atoms with Gasteiger partial charge < -0.3 is 14.6 Å². The normalized spacial score (nSPS) is 23.2. The lowest BCUT2D eigenvalue weighted by Crippen LogP contribution is -2.38. The van der Waals surface area contributed by atoms with Crippen LogP contribution in [0.4, 0.5) is 9.93 Å². The summed E-state index contributed by atoms with van der Waals surface area (Å²) in [6, 6.07) is -0.336. The highest BCUT2D eigenvalue weighted by Crippen LogP contribution is 2.36. The molecule has 1 aliphatic heterocycles. The number of aliphatic hydroxyl groups is 1. The fraction of sp³-hybridized carbons (Fsp3) is 0.692. The number of hydrogen-bond donors (Lipinski definition) is 1. The number of likely N-dealkylation sites (N-methyl/N-ethyl adjacent to an activating group) is 1. The van der Waals surface area contributed by atoms with Gasteiger partial charge in [-0.2, -0.15) is 0 Å². The first-order chi connectivity index (χ1) is 9.83. The van der Waals surface area contributed by atoms with Crippen LogP contribution in [-0.4, -0.2) is 54.2 Å². The number of carbonyl (C=O) groups is 1. The van der Waals surface area contributed by atoms with Crippen molar-refractivity contribution in [3.8, 4) is 0 Å². The van der Waals surface area contributed by atoms with E-state index in [9.17, 15) is 9.90 Å². The first kappa shape index (κ1) is 16.2. The first-order valence-electron chi connectivity index (χ1n) is 6.70. The maximum atomic E-state index is 12.3. The summed E-state index contributed by atoms with van der Waals surface area (Å²) in [5, 5.41) is 10.7. The summed E-state index contributed by atoms with van der Waals surface area (Å²) in [7, 11) is 3.22. The predicted octanol–water partition coefficient (Wildman–Crippen LogP) is 1.58. The highest BCUT2D eigenvalue weighted by atomic mass is 32.1. The Balaban J connectivity index is 2.28. The number of thiazole rings is 1. The Morgan fingerprint density at radius 2 is 2.19 bits per heavy atom. The monoisotopic (exact) mass is 315 g/mol. The van der Waals surface area contributed by atoms with E-state index in [0.717, 1.165) is 4.88 Å². The Labute approximate surface area is 128 Å². The molecule has 2 unspecified atom stereocenters. The minimum Gasteiger partial charge on any atom is -0.373 e. The number of aromatic nitrogens is 1. The van der Waals surface area contributed by atoms with Gasteiger partial charge in [-0.1, -0.05) is 11.3 Å². The van der Waals surface area contributed by atoms with Crippen molar-refractivity contribution in [1.82, 2.24) is 9.88 Å². The van der Waals surface area contributed by atoms with Crippen molar-refractivity contribution < 1.29 is 19.4 Å². The van der Waals surface area contributed by atoms with Gasteiger partial charge in [0.2, 0.25) is 0 Å². The molecule has 0 saturated carbocycles. The summed E-state index contributed by atoms with van der Waals surface area (Å²) in [5.74, 6) is 0. The van der Waals surface area contributed by atoms with Crippen molar-refractivity contribution in [1.29, 1.82) is 0 Å². The molecule has 1 aromatic rings. The second-order valence-electron chi connectivity index (χ2n) is 5.24. The van der Waals surface area contributed by atoms with E-state index in [-0.39, 0.29) is 6.03 Å². The van der Waals surface area contributed by atoms with E-state index < -0.39 is 18.1 Å². The van der Waals surface area contributed by atoms with Gasteiger partial charge in [-0.3, -0.25) is 4.90 Å². The lowest BCUT2D eigenvalue weighted by Gasteiger charge is -2.21. The number of urea groups is 1. The molecule has 1 saturated heterocycles. The number of amides is 2. The number of anilines is 1. The average Bonchev–Trinajstić information content (AvgIpc) is 3.00. The molecule has 1 aromatic heterocycles. The minimum atomic E-state index is -1.08. The largest absolute Gasteiger partial charge is 0.373 e. The smallest absolute Gasteiger partial charge is 0.330 e. The van der Waals surface area contributed by atoms with Crippen molar-refractivity contribution in [2.45, 2.75) is 38.8 Å². The summed E-state index contributed by atoms with van der Waals surface area (Å²) < 4.78 is 10.8. The van der Waals surface area contributed by atoms with Crippen LogP contribution in [0, 0.1) is 0 Å². The van der Waals surface area contributed by atoms with Crippen molar-refractivity contribution in [2.75, 3.05) is 25.7 Å². The van der Waals surface area contributed by atoms with E-state index in [1.54, 1.807) is 20.4 Å². The van der Waals surface area contributed by atoms with Gasteiger partial charge in [0.25, 0.3) is 0 Å². The van der Waals surface area contributed by atoms with Gasteiger partial charge in [-0.15, -0.1) is 0 Å². The van der Waals surface area contributed by atoms with Crippen molar-refractivity contribution >= 4 is 22.5 Å². The zero-order valence-corrected chi connectivity index (χ0v) is 13.7. The standard InChI is InChI=1S/C13H21N3O4S/c1-6-20-10-9(17)16(12(18)15(10)4)11-14-7-8(21-11)13(2,3)19-5/h7,9-10,17H,6H2,1-5H3. The molecule has 2 heterocycles. The number of ether oxygens (including phenoxy) is 2. The molecule has 21 heavy (non-hydrogen) atoms.